The molecule has 1 aromatic heterocycles. The van der Waals surface area contributed by atoms with Crippen molar-refractivity contribution in [3.8, 4) is 0 Å². The molecule has 0 radical (unpaired) electrons. The molecule has 0 fully saturated rings. The van der Waals surface area contributed by atoms with E-state index in [1.807, 2.05) is 48.9 Å². The molecule has 4 nitrogen and oxygen atoms in total. The van der Waals surface area contributed by atoms with Gasteiger partial charge in [0, 0.05) is 7.05 Å². The van der Waals surface area contributed by atoms with E-state index in [-0.39, 0.29) is 11.9 Å². The van der Waals surface area contributed by atoms with Gasteiger partial charge in [0.05, 0.1) is 12.6 Å². The van der Waals surface area contributed by atoms with Crippen LogP contribution in [0.1, 0.15) is 35.7 Å². The van der Waals surface area contributed by atoms with Crippen molar-refractivity contribution in [2.24, 2.45) is 7.05 Å². The smallest absolute Gasteiger partial charge is 0.146 e. The van der Waals surface area contributed by atoms with Gasteiger partial charge >= 0.3 is 0 Å². The van der Waals surface area contributed by atoms with Gasteiger partial charge in [0.25, 0.3) is 0 Å². The predicted molar refractivity (Wildman–Crippen MR) is 96.5 cm³/mol. The Hall–Kier alpha value is -2.53. The van der Waals surface area contributed by atoms with E-state index in [2.05, 4.69) is 34.2 Å². The van der Waals surface area contributed by atoms with Crippen molar-refractivity contribution in [3.05, 3.63) is 83.2 Å². The maximum absolute atomic E-state index is 13.4. The summed E-state index contributed by atoms with van der Waals surface area (Å²) in [6.07, 6.45) is 0. The minimum atomic E-state index is -0.220. The number of hydrogen-bond donors (Lipinski definition) is 0. The molecule has 0 saturated carbocycles. The van der Waals surface area contributed by atoms with Crippen LogP contribution in [-0.2, 0) is 13.6 Å². The molecule has 2 aromatic carbocycles. The largest absolute Gasteiger partial charge is 0.317 e. The topological polar surface area (TPSA) is 34.0 Å². The summed E-state index contributed by atoms with van der Waals surface area (Å²) in [5.41, 5.74) is 2.24. The Bertz CT molecular complexity index is 811. The molecule has 3 rings (SSSR count). The third kappa shape index (κ3) is 3.77. The molecule has 0 spiro atoms. The Balaban J connectivity index is 1.99. The van der Waals surface area contributed by atoms with E-state index < -0.39 is 0 Å². The van der Waals surface area contributed by atoms with Crippen molar-refractivity contribution in [3.63, 3.8) is 0 Å². The molecule has 3 aromatic rings. The number of hydrogen-bond acceptors (Lipinski definition) is 3. The molecule has 5 heteroatoms. The van der Waals surface area contributed by atoms with Gasteiger partial charge < -0.3 is 4.57 Å². The van der Waals surface area contributed by atoms with E-state index in [0.717, 1.165) is 23.8 Å². The number of rotatable bonds is 6. The molecule has 25 heavy (non-hydrogen) atoms. The zero-order valence-corrected chi connectivity index (χ0v) is 14.9. The number of halogens is 1. The van der Waals surface area contributed by atoms with Gasteiger partial charge in [0.1, 0.15) is 17.5 Å². The molecule has 0 aliphatic heterocycles. The highest BCUT2D eigenvalue weighted by molar-refractivity contribution is 5.32. The zero-order valence-electron chi connectivity index (χ0n) is 14.9. The van der Waals surface area contributed by atoms with E-state index in [0.29, 0.717) is 6.54 Å². The average molecular weight is 338 g/mol. The normalized spacial score (nSPS) is 12.5. The Morgan fingerprint density at radius 1 is 1.00 bits per heavy atom. The van der Waals surface area contributed by atoms with E-state index >= 15 is 0 Å². The highest BCUT2D eigenvalue weighted by Gasteiger charge is 2.23. The molecule has 0 saturated heterocycles. The van der Waals surface area contributed by atoms with Crippen LogP contribution in [0.3, 0.4) is 0 Å². The Kier molecular flexibility index (Phi) is 5.24. The first kappa shape index (κ1) is 17.3. The quantitative estimate of drug-likeness (QED) is 0.684. The minimum Gasteiger partial charge on any atom is -0.317 e. The molecule has 0 amide bonds. The van der Waals surface area contributed by atoms with Crippen molar-refractivity contribution in [2.75, 3.05) is 6.54 Å². The summed E-state index contributed by atoms with van der Waals surface area (Å²) in [6.45, 7) is 5.58. The second kappa shape index (κ2) is 7.57. The first-order valence-electron chi connectivity index (χ1n) is 8.49. The summed E-state index contributed by atoms with van der Waals surface area (Å²) in [5.74, 6) is 1.59. The number of aryl methyl sites for hydroxylation is 1. The number of benzene rings is 2. The van der Waals surface area contributed by atoms with Crippen LogP contribution in [0.15, 0.2) is 54.6 Å². The van der Waals surface area contributed by atoms with Gasteiger partial charge in [-0.2, -0.15) is 0 Å². The van der Waals surface area contributed by atoms with Crippen LogP contribution >= 0.6 is 0 Å². The van der Waals surface area contributed by atoms with Crippen molar-refractivity contribution in [2.45, 2.75) is 26.4 Å². The first-order valence-corrected chi connectivity index (χ1v) is 8.49. The fourth-order valence-electron chi connectivity index (χ4n) is 3.05. The summed E-state index contributed by atoms with van der Waals surface area (Å²) in [5, 5.41) is 8.45. The van der Waals surface area contributed by atoms with Gasteiger partial charge in [-0.3, -0.25) is 4.90 Å². The van der Waals surface area contributed by atoms with Gasteiger partial charge in [-0.15, -0.1) is 10.2 Å². The van der Waals surface area contributed by atoms with E-state index in [9.17, 15) is 4.39 Å². The third-order valence-corrected chi connectivity index (χ3v) is 4.60. The summed E-state index contributed by atoms with van der Waals surface area (Å²) < 4.78 is 15.4. The van der Waals surface area contributed by atoms with Gasteiger partial charge in [-0.25, -0.2) is 4.39 Å². The summed E-state index contributed by atoms with van der Waals surface area (Å²) in [6, 6.07) is 17.1. The van der Waals surface area contributed by atoms with Crippen molar-refractivity contribution in [1.29, 1.82) is 0 Å². The molecule has 0 aliphatic rings. The molecule has 1 heterocycles. The van der Waals surface area contributed by atoms with Crippen molar-refractivity contribution >= 4 is 0 Å². The minimum absolute atomic E-state index is 0.0313. The fraction of sp³-hybridized carbons (Fsp3) is 0.300. The van der Waals surface area contributed by atoms with Gasteiger partial charge in [-0.1, -0.05) is 49.4 Å². The van der Waals surface area contributed by atoms with Gasteiger partial charge in [0.2, 0.25) is 0 Å². The van der Waals surface area contributed by atoms with E-state index in [1.54, 1.807) is 0 Å². The summed E-state index contributed by atoms with van der Waals surface area (Å²) >= 11 is 0. The van der Waals surface area contributed by atoms with Crippen LogP contribution < -0.4 is 0 Å². The van der Waals surface area contributed by atoms with Crippen LogP contribution in [-0.4, -0.2) is 26.2 Å². The van der Waals surface area contributed by atoms with Crippen LogP contribution in [0.25, 0.3) is 0 Å². The van der Waals surface area contributed by atoms with Gasteiger partial charge in [-0.05, 0) is 36.7 Å². The summed E-state index contributed by atoms with van der Waals surface area (Å²) in [4.78, 5) is 2.33. The molecular weight excluding hydrogens is 315 g/mol. The monoisotopic (exact) mass is 338 g/mol. The van der Waals surface area contributed by atoms with Crippen molar-refractivity contribution in [1.82, 2.24) is 19.7 Å². The van der Waals surface area contributed by atoms with Crippen LogP contribution in [0.2, 0.25) is 0 Å². The number of nitrogens with zero attached hydrogens (tertiary/aromatic N) is 4. The van der Waals surface area contributed by atoms with E-state index in [4.69, 9.17) is 0 Å². The third-order valence-electron chi connectivity index (χ3n) is 4.60. The molecule has 1 unspecified atom stereocenters. The van der Waals surface area contributed by atoms with E-state index in [1.165, 1.54) is 17.7 Å². The molecule has 0 bridgehead atoms. The molecule has 130 valence electrons. The lowest BCUT2D eigenvalue weighted by atomic mass is 9.97. The second-order valence-electron chi connectivity index (χ2n) is 6.15. The Morgan fingerprint density at radius 3 is 2.20 bits per heavy atom. The molecule has 0 aliphatic carbocycles. The Labute approximate surface area is 147 Å². The number of aromatic nitrogens is 3. The van der Waals surface area contributed by atoms with Crippen LogP contribution in [0.5, 0.6) is 0 Å². The lowest BCUT2D eigenvalue weighted by Crippen LogP contribution is -2.30. The predicted octanol–water partition coefficient (Wildman–Crippen LogP) is 3.87. The molecular formula is C20H23FN4. The molecule has 1 atom stereocenters. The van der Waals surface area contributed by atoms with Crippen molar-refractivity contribution < 1.29 is 4.39 Å². The van der Waals surface area contributed by atoms with Crippen LogP contribution in [0, 0.1) is 12.7 Å². The lowest BCUT2D eigenvalue weighted by Gasteiger charge is -2.31. The fourth-order valence-corrected chi connectivity index (χ4v) is 3.05. The highest BCUT2D eigenvalue weighted by Crippen LogP contribution is 2.29. The second-order valence-corrected chi connectivity index (χ2v) is 6.15. The summed E-state index contributed by atoms with van der Waals surface area (Å²) in [7, 11) is 1.98. The van der Waals surface area contributed by atoms with Crippen LogP contribution in [0.4, 0.5) is 4.39 Å². The standard InChI is InChI=1S/C20H23FN4/c1-4-25(14-19-23-22-15(2)24(19)3)20(16-8-6-5-7-9-16)17-10-12-18(21)13-11-17/h5-13,20H,4,14H2,1-3H3. The molecule has 0 N–H and O–H groups in total. The maximum atomic E-state index is 13.4. The highest BCUT2D eigenvalue weighted by atomic mass is 19.1. The SMILES string of the molecule is CCN(Cc1nnc(C)n1C)C(c1ccccc1)c1ccc(F)cc1. The lowest BCUT2D eigenvalue weighted by molar-refractivity contribution is 0.220. The van der Waals surface area contributed by atoms with Gasteiger partial charge in [0.15, 0.2) is 0 Å². The first-order chi connectivity index (χ1) is 12.1. The zero-order chi connectivity index (χ0) is 17.8. The Morgan fingerprint density at radius 2 is 1.64 bits per heavy atom. The average Bonchev–Trinajstić information content (AvgIpc) is 2.95. The maximum Gasteiger partial charge on any atom is 0.146 e.